The molecule has 0 bridgehead atoms. The normalized spacial score (nSPS) is 0. The second kappa shape index (κ2) is 33.0. The summed E-state index contributed by atoms with van der Waals surface area (Å²) in [5, 5.41) is 0. The molecule has 0 aliphatic carbocycles. The molecule has 0 nitrogen and oxygen atoms in total. The van der Waals surface area contributed by atoms with Crippen molar-refractivity contribution in [1.29, 1.82) is 0 Å². The van der Waals surface area contributed by atoms with Crippen LogP contribution in [0.2, 0.25) is 0 Å². The van der Waals surface area contributed by atoms with E-state index in [-0.39, 0.29) is 156 Å². The van der Waals surface area contributed by atoms with Gasteiger partial charge in [-0.1, -0.05) is 0 Å². The van der Waals surface area contributed by atoms with E-state index in [1.165, 1.54) is 0 Å². The minimum atomic E-state index is 0. The van der Waals surface area contributed by atoms with E-state index in [9.17, 15) is 0 Å². The monoisotopic (exact) mass is 214 g/mol. The van der Waals surface area contributed by atoms with Crippen LogP contribution in [0.25, 0.3) is 0 Å². The van der Waals surface area contributed by atoms with Crippen molar-refractivity contribution in [3.05, 3.63) is 0 Å². The van der Waals surface area contributed by atoms with Crippen LogP contribution in [0.15, 0.2) is 0 Å². The average molecular weight is 216 g/mol. The predicted molar refractivity (Wildman–Crippen MR) is 44.6 cm³/mol. The fourth-order valence-electron chi connectivity index (χ4n) is 0. The van der Waals surface area contributed by atoms with E-state index < -0.39 is 0 Å². The third kappa shape index (κ3) is 23.3. The zero-order chi connectivity index (χ0) is 0. The Morgan fingerprint density at radius 3 is 0.667 bits per heavy atom. The molecule has 0 amide bonds. The second-order valence-electron chi connectivity index (χ2n) is 0. The Hall–Kier alpha value is 4.77. The van der Waals surface area contributed by atoms with E-state index in [0.29, 0.717) is 0 Å². The van der Waals surface area contributed by atoms with Crippen LogP contribution in [0, 0.1) is 0 Å². The summed E-state index contributed by atoms with van der Waals surface area (Å²) in [4.78, 5) is 0. The van der Waals surface area contributed by atoms with E-state index in [2.05, 4.69) is 0 Å². The van der Waals surface area contributed by atoms with Crippen LogP contribution in [0.4, 0.5) is 0 Å². The molecule has 6 heteroatoms. The summed E-state index contributed by atoms with van der Waals surface area (Å²) in [6, 6.07) is 0. The Balaban J connectivity index is 0. The van der Waals surface area contributed by atoms with Gasteiger partial charge in [0.05, 0.1) is 0 Å². The minimum absolute atomic E-state index is 0. The van der Waals surface area contributed by atoms with Gasteiger partial charge in [0.15, 0.2) is 0 Å². The Morgan fingerprint density at radius 2 is 0.667 bits per heavy atom. The summed E-state index contributed by atoms with van der Waals surface area (Å²) in [5.74, 6) is 0. The Kier molecular flexibility index (Phi) is 249. The van der Waals surface area contributed by atoms with E-state index in [4.69, 9.17) is 0 Å². The zero-order valence-corrected chi connectivity index (χ0v) is 3.67. The van der Waals surface area contributed by atoms with Crippen LogP contribution < -0.4 is 0 Å². The molecular weight excluding hydrogens is 209 g/mol. The average Bonchev–Trinajstić information content (AvgIpc) is 0. The Morgan fingerprint density at radius 1 is 0.667 bits per heavy atom. The van der Waals surface area contributed by atoms with Crippen molar-refractivity contribution in [3.63, 3.8) is 0 Å². The fourth-order valence-corrected chi connectivity index (χ4v) is 0. The van der Waals surface area contributed by atoms with Crippen molar-refractivity contribution in [3.8, 4) is 0 Å². The maximum absolute atomic E-state index is 0. The number of rotatable bonds is 0. The molecule has 0 saturated heterocycles. The molecule has 0 aromatic heterocycles. The molecule has 0 heterocycles. The first-order chi connectivity index (χ1) is 0. The van der Waals surface area contributed by atoms with E-state index in [0.717, 1.165) is 0 Å². The molecule has 0 atom stereocenters. The van der Waals surface area contributed by atoms with Gasteiger partial charge in [0.2, 0.25) is 0 Å². The molecule has 0 rings (SSSR count). The van der Waals surface area contributed by atoms with Gasteiger partial charge >= 0.3 is 119 Å². The third-order valence-corrected chi connectivity index (χ3v) is 0. The zero-order valence-electron chi connectivity index (χ0n) is 1.22. The van der Waals surface area contributed by atoms with Crippen LogP contribution in [0.1, 0.15) is 0 Å². The molecular formula is H7CaCl3KNa. The molecule has 0 radical (unpaired) electrons. The summed E-state index contributed by atoms with van der Waals surface area (Å²) >= 11 is 0. The van der Waals surface area contributed by atoms with Gasteiger partial charge in [-0.05, 0) is 0 Å². The molecule has 0 aromatic rings. The van der Waals surface area contributed by atoms with Crippen molar-refractivity contribution in [1.82, 2.24) is 0 Å². The molecule has 0 aliphatic rings. The molecule has 0 aromatic carbocycles. The first kappa shape index (κ1) is 45.2. The van der Waals surface area contributed by atoms with Gasteiger partial charge in [0.1, 0.15) is 0 Å². The van der Waals surface area contributed by atoms with Crippen LogP contribution in [0.5, 0.6) is 0 Å². The van der Waals surface area contributed by atoms with Crippen LogP contribution >= 0.6 is 37.2 Å². The summed E-state index contributed by atoms with van der Waals surface area (Å²) in [6.45, 7) is 0. The van der Waals surface area contributed by atoms with Crippen molar-refractivity contribution >= 4 is 156 Å². The first-order valence-electron chi connectivity index (χ1n) is 0. The van der Waals surface area contributed by atoms with Crippen molar-refractivity contribution in [2.24, 2.45) is 0 Å². The van der Waals surface area contributed by atoms with Crippen LogP contribution in [-0.4, -0.2) is 119 Å². The predicted octanol–water partition coefficient (Wildman–Crippen LogP) is -0.948. The molecule has 6 heavy (non-hydrogen) atoms. The topological polar surface area (TPSA) is 0 Å². The van der Waals surface area contributed by atoms with Gasteiger partial charge < -0.3 is 0 Å². The molecule has 0 saturated carbocycles. The van der Waals surface area contributed by atoms with Crippen LogP contribution in [-0.2, 0) is 0 Å². The first-order valence-corrected chi connectivity index (χ1v) is 0. The Labute approximate surface area is 151 Å². The Bertz CT molecular complexity index is 10.8. The molecule has 32 valence electrons. The van der Waals surface area contributed by atoms with Gasteiger partial charge in [-0.15, -0.1) is 37.2 Å². The number of hydrogen-bond donors (Lipinski definition) is 0. The van der Waals surface area contributed by atoms with Gasteiger partial charge in [0, 0.05) is 0 Å². The second-order valence-corrected chi connectivity index (χ2v) is 0. The third-order valence-electron chi connectivity index (χ3n) is 0. The summed E-state index contributed by atoms with van der Waals surface area (Å²) in [5.41, 5.74) is 0. The van der Waals surface area contributed by atoms with E-state index in [1.807, 2.05) is 0 Å². The SMILES string of the molecule is Cl.Cl.Cl.[CaH2].[KH].[NaH]. The molecule has 0 N–H and O–H groups in total. The van der Waals surface area contributed by atoms with Gasteiger partial charge in [0.25, 0.3) is 0 Å². The molecule has 0 unspecified atom stereocenters. The number of halogens is 3. The number of hydrogen-bond acceptors (Lipinski definition) is 0. The van der Waals surface area contributed by atoms with E-state index in [1.54, 1.807) is 0 Å². The summed E-state index contributed by atoms with van der Waals surface area (Å²) < 4.78 is 0. The van der Waals surface area contributed by atoms with Gasteiger partial charge in [-0.2, -0.15) is 0 Å². The van der Waals surface area contributed by atoms with Gasteiger partial charge in [-0.25, -0.2) is 0 Å². The maximum atomic E-state index is 0. The quantitative estimate of drug-likeness (QED) is 0.458. The molecule has 0 fully saturated rings. The van der Waals surface area contributed by atoms with Crippen molar-refractivity contribution in [2.45, 2.75) is 0 Å². The van der Waals surface area contributed by atoms with E-state index >= 15 is 0 Å². The standard InChI is InChI=1S/Ca.3ClH.K.Na.4H/h;3*1H;;;;;;. The van der Waals surface area contributed by atoms with Crippen molar-refractivity contribution < 1.29 is 0 Å². The molecule has 0 spiro atoms. The molecule has 0 aliphatic heterocycles. The van der Waals surface area contributed by atoms with Gasteiger partial charge in [-0.3, -0.25) is 0 Å². The summed E-state index contributed by atoms with van der Waals surface area (Å²) in [6.07, 6.45) is 0. The summed E-state index contributed by atoms with van der Waals surface area (Å²) in [7, 11) is 0. The van der Waals surface area contributed by atoms with Crippen LogP contribution in [0.3, 0.4) is 0 Å². The van der Waals surface area contributed by atoms with Crippen molar-refractivity contribution in [2.75, 3.05) is 0 Å². The fraction of sp³-hybridized carbons (Fsp3) is 0.